The van der Waals surface area contributed by atoms with Gasteiger partial charge in [0, 0.05) is 30.5 Å². The van der Waals surface area contributed by atoms with Gasteiger partial charge in [-0.25, -0.2) is 0 Å². The zero-order valence-corrected chi connectivity index (χ0v) is 28.9. The van der Waals surface area contributed by atoms with E-state index in [1.54, 1.807) is 12.3 Å². The Kier molecular flexibility index (Phi) is 11.8. The largest absolute Gasteiger partial charge is 0.507 e. The van der Waals surface area contributed by atoms with Gasteiger partial charge >= 0.3 is 5.97 Å². The Morgan fingerprint density at radius 2 is 1.65 bits per heavy atom. The lowest BCUT2D eigenvalue weighted by Crippen LogP contribution is -2.40. The first-order valence-corrected chi connectivity index (χ1v) is 17.8. The second kappa shape index (κ2) is 16.8. The molecule has 10 heteroatoms. The topological polar surface area (TPSA) is 157 Å². The van der Waals surface area contributed by atoms with Gasteiger partial charge in [-0.05, 0) is 96.2 Å². The van der Waals surface area contributed by atoms with E-state index in [-0.39, 0.29) is 50.0 Å². The Bertz CT molecular complexity index is 1960. The minimum atomic E-state index is -1.07. The van der Waals surface area contributed by atoms with Gasteiger partial charge in [-0.15, -0.1) is 0 Å². The molecule has 2 aliphatic rings. The molecule has 4 atom stereocenters. The number of allylic oxidation sites excluding steroid dienone is 1. The molecule has 6 rings (SSSR count). The first-order valence-electron chi connectivity index (χ1n) is 17.8. The molecule has 1 aliphatic heterocycles. The number of likely N-dealkylation sites (tertiary alicyclic amines) is 1. The summed E-state index contributed by atoms with van der Waals surface area (Å²) in [5.41, 5.74) is 3.68. The number of phenolic OH excluding ortho intramolecular Hbond substituents is 1. The second-order valence-electron chi connectivity index (χ2n) is 13.5. The van der Waals surface area contributed by atoms with Crippen LogP contribution in [0.4, 0.5) is 0 Å². The molecule has 4 N–H and O–H groups in total. The second-order valence-corrected chi connectivity index (χ2v) is 13.5. The van der Waals surface area contributed by atoms with Crippen LogP contribution in [0, 0.1) is 17.8 Å². The van der Waals surface area contributed by atoms with Crippen molar-refractivity contribution in [2.45, 2.75) is 51.0 Å². The number of carbonyl (C=O) groups excluding carboxylic acids is 2. The Hall–Kier alpha value is -5.32. The maximum atomic E-state index is 13.9. The van der Waals surface area contributed by atoms with Gasteiger partial charge in [0.25, 0.3) is 0 Å². The van der Waals surface area contributed by atoms with E-state index < -0.39 is 36.4 Å². The van der Waals surface area contributed by atoms with Crippen molar-refractivity contribution < 1.29 is 39.5 Å². The zero-order valence-electron chi connectivity index (χ0n) is 28.9. The molecular weight excluding hydrogens is 660 g/mol. The van der Waals surface area contributed by atoms with Crippen LogP contribution in [0.15, 0.2) is 102 Å². The summed E-state index contributed by atoms with van der Waals surface area (Å²) in [5, 5.41) is 43.9. The fraction of sp³-hybridized carbons (Fsp3) is 0.333. The number of aromatic hydroxyl groups is 1. The summed E-state index contributed by atoms with van der Waals surface area (Å²) in [6, 6.07) is 25.9. The fourth-order valence-electron chi connectivity index (χ4n) is 7.68. The highest BCUT2D eigenvalue weighted by Gasteiger charge is 2.54. The summed E-state index contributed by atoms with van der Waals surface area (Å²) >= 11 is 0. The number of amides is 2. The summed E-state index contributed by atoms with van der Waals surface area (Å²) in [7, 11) is 0. The summed E-state index contributed by atoms with van der Waals surface area (Å²) in [4.78, 5) is 44.4. The number of phenols is 1. The fourth-order valence-corrected chi connectivity index (χ4v) is 7.68. The Balaban J connectivity index is 1.29. The Morgan fingerprint density at radius 1 is 0.904 bits per heavy atom. The van der Waals surface area contributed by atoms with Gasteiger partial charge in [0.15, 0.2) is 0 Å². The molecule has 4 aromatic rings. The highest BCUT2D eigenvalue weighted by molar-refractivity contribution is 6.06. The van der Waals surface area contributed by atoms with Gasteiger partial charge in [-0.2, -0.15) is 0 Å². The number of hydrogen-bond donors (Lipinski definition) is 4. The number of ether oxygens (including phenoxy) is 1. The third-order valence-corrected chi connectivity index (χ3v) is 10.2. The number of aromatic nitrogens is 1. The number of unbranched alkanes of at least 4 members (excludes halogenated alkanes) is 2. The van der Waals surface area contributed by atoms with Crippen molar-refractivity contribution in [1.29, 1.82) is 0 Å². The van der Waals surface area contributed by atoms with Crippen LogP contribution in [0.1, 0.15) is 56.2 Å². The summed E-state index contributed by atoms with van der Waals surface area (Å²) in [6.07, 6.45) is 5.03. The molecule has 0 spiro atoms. The first kappa shape index (κ1) is 36.5. The number of carboxylic acid groups (broad SMARTS) is 1. The van der Waals surface area contributed by atoms with E-state index >= 15 is 0 Å². The summed E-state index contributed by atoms with van der Waals surface area (Å²) in [5.74, 6) is -3.07. The number of carbonyl (C=O) groups is 3. The molecule has 0 unspecified atom stereocenters. The number of carboxylic acids is 1. The number of aliphatic carboxylic acids is 1. The molecule has 3 aromatic carbocycles. The van der Waals surface area contributed by atoms with Crippen LogP contribution in [-0.4, -0.2) is 74.0 Å². The molecule has 0 saturated carbocycles. The molecule has 0 radical (unpaired) electrons. The van der Waals surface area contributed by atoms with Crippen molar-refractivity contribution in [3.63, 3.8) is 0 Å². The van der Waals surface area contributed by atoms with Crippen LogP contribution in [-0.2, 0) is 14.4 Å². The van der Waals surface area contributed by atoms with Crippen molar-refractivity contribution in [3.8, 4) is 11.5 Å². The zero-order chi connectivity index (χ0) is 36.6. The van der Waals surface area contributed by atoms with E-state index in [4.69, 9.17) is 9.84 Å². The average molecular weight is 705 g/mol. The molecule has 1 fully saturated rings. The van der Waals surface area contributed by atoms with Crippen LogP contribution in [0.3, 0.4) is 0 Å². The lowest BCUT2D eigenvalue weighted by Gasteiger charge is -2.36. The first-order chi connectivity index (χ1) is 25.3. The summed E-state index contributed by atoms with van der Waals surface area (Å²) in [6.45, 7) is -0.175. The predicted octanol–water partition coefficient (Wildman–Crippen LogP) is 6.26. The minimum absolute atomic E-state index is 0.0262. The standard InChI is InChI=1S/C42H44N2O8/c45-25-34-39(37(47)20-18-28(35-15-8-9-21-43-35)23-27-17-19-36(46)32-14-7-6-13-31(27)32)29(26-52-30-11-3-1-4-12-30)24-33-40(34)42(51)44(41(33)50)22-10-2-5-16-38(48)49/h1,3-4,6-9,11-15,17,19,21,23,33-34,37,40,45-47H,2,5,10,16,18,20,22,24-26H2,(H,48,49)/b28-23-/t33-,34+,37-,40-/m1/s1. The minimum Gasteiger partial charge on any atom is -0.507 e. The number of benzene rings is 3. The number of rotatable bonds is 16. The number of para-hydroxylation sites is 1. The van der Waals surface area contributed by atoms with Crippen LogP contribution >= 0.6 is 0 Å². The third kappa shape index (κ3) is 8.09. The maximum absolute atomic E-state index is 13.9. The molecule has 10 nitrogen and oxygen atoms in total. The Labute approximate surface area is 302 Å². The van der Waals surface area contributed by atoms with Gasteiger partial charge in [-0.3, -0.25) is 24.3 Å². The highest BCUT2D eigenvalue weighted by atomic mass is 16.5. The van der Waals surface area contributed by atoms with Crippen molar-refractivity contribution in [2.75, 3.05) is 19.8 Å². The maximum Gasteiger partial charge on any atom is 0.303 e. The van der Waals surface area contributed by atoms with E-state index in [1.165, 1.54) is 4.90 Å². The predicted molar refractivity (Wildman–Crippen MR) is 197 cm³/mol. The van der Waals surface area contributed by atoms with E-state index in [0.717, 1.165) is 27.6 Å². The molecule has 52 heavy (non-hydrogen) atoms. The molecule has 1 saturated heterocycles. The van der Waals surface area contributed by atoms with Gasteiger partial charge in [0.2, 0.25) is 11.8 Å². The number of aliphatic hydroxyl groups excluding tert-OH is 2. The van der Waals surface area contributed by atoms with E-state index in [1.807, 2.05) is 84.9 Å². The van der Waals surface area contributed by atoms with Gasteiger partial charge in [-0.1, -0.05) is 61.0 Å². The molecule has 270 valence electrons. The van der Waals surface area contributed by atoms with Crippen molar-refractivity contribution >= 4 is 40.2 Å². The molecular formula is C42H44N2O8. The molecule has 2 amide bonds. The molecule has 2 heterocycles. The van der Waals surface area contributed by atoms with Gasteiger partial charge in [0.1, 0.15) is 18.1 Å². The van der Waals surface area contributed by atoms with Crippen LogP contribution < -0.4 is 4.74 Å². The van der Waals surface area contributed by atoms with Gasteiger partial charge in [0.05, 0.1) is 30.2 Å². The average Bonchev–Trinajstić information content (AvgIpc) is 3.40. The molecule has 1 aliphatic carbocycles. The summed E-state index contributed by atoms with van der Waals surface area (Å²) < 4.78 is 6.14. The SMILES string of the molecule is O=C(O)CCCCCN1C(=O)[C@@H]2[C@@H](CC(COc3ccccc3)=C([C@H](O)CC/C(=C/c3ccc(O)c4ccccc34)c3ccccn3)[C@@H]2CO)C1=O. The van der Waals surface area contributed by atoms with Crippen molar-refractivity contribution in [2.24, 2.45) is 17.8 Å². The highest BCUT2D eigenvalue weighted by Crippen LogP contribution is 2.46. The van der Waals surface area contributed by atoms with E-state index in [2.05, 4.69) is 4.98 Å². The number of nitrogens with zero attached hydrogens (tertiary/aromatic N) is 2. The number of fused-ring (bicyclic) bond motifs is 2. The van der Waals surface area contributed by atoms with Crippen LogP contribution in [0.2, 0.25) is 0 Å². The van der Waals surface area contributed by atoms with E-state index in [0.29, 0.717) is 42.6 Å². The van der Waals surface area contributed by atoms with Gasteiger partial charge < -0.3 is 25.2 Å². The monoisotopic (exact) mass is 704 g/mol. The van der Waals surface area contributed by atoms with Crippen molar-refractivity contribution in [3.05, 3.63) is 114 Å². The third-order valence-electron chi connectivity index (χ3n) is 10.2. The lowest BCUT2D eigenvalue weighted by atomic mass is 9.68. The van der Waals surface area contributed by atoms with Crippen molar-refractivity contribution in [1.82, 2.24) is 9.88 Å². The molecule has 1 aromatic heterocycles. The normalized spacial score (nSPS) is 19.6. The Morgan fingerprint density at radius 3 is 2.38 bits per heavy atom. The van der Waals surface area contributed by atoms with E-state index in [9.17, 15) is 29.7 Å². The number of hydrogen-bond acceptors (Lipinski definition) is 8. The number of imide groups is 1. The number of aliphatic hydroxyl groups is 2. The molecule has 0 bridgehead atoms. The van der Waals surface area contributed by atoms with Crippen LogP contribution in [0.25, 0.3) is 22.4 Å². The smallest absolute Gasteiger partial charge is 0.303 e. The lowest BCUT2D eigenvalue weighted by molar-refractivity contribution is -0.141. The number of pyridine rings is 1. The quantitative estimate of drug-likeness (QED) is 0.0601. The van der Waals surface area contributed by atoms with Crippen LogP contribution in [0.5, 0.6) is 11.5 Å².